The Morgan fingerprint density at radius 1 is 1.47 bits per heavy atom. The lowest BCUT2D eigenvalue weighted by Crippen LogP contribution is -2.15. The third-order valence-corrected chi connectivity index (χ3v) is 2.52. The molecule has 1 aromatic rings. The maximum Gasteiger partial charge on any atom is 0.389 e. The lowest BCUT2D eigenvalue weighted by atomic mass is 10.2. The number of hydrogen-bond acceptors (Lipinski definition) is 5. The van der Waals surface area contributed by atoms with Gasteiger partial charge >= 0.3 is 6.18 Å². The zero-order chi connectivity index (χ0) is 12.5. The first-order chi connectivity index (χ1) is 7.94. The maximum absolute atomic E-state index is 12.0. The molecule has 2 N–H and O–H groups in total. The molecule has 1 aromatic heterocycles. The van der Waals surface area contributed by atoms with E-state index in [4.69, 9.17) is 4.52 Å². The van der Waals surface area contributed by atoms with Gasteiger partial charge in [0.1, 0.15) is 0 Å². The lowest BCUT2D eigenvalue weighted by Gasteiger charge is -2.02. The zero-order valence-electron chi connectivity index (χ0n) is 8.87. The van der Waals surface area contributed by atoms with Gasteiger partial charge in [-0.25, -0.2) is 0 Å². The summed E-state index contributed by atoms with van der Waals surface area (Å²) in [6, 6.07) is -0.267. The Balaban J connectivity index is 1.92. The van der Waals surface area contributed by atoms with Crippen LogP contribution in [0.5, 0.6) is 0 Å². The number of nitrogens with one attached hydrogen (secondary N) is 1. The number of hydrogen-bond donors (Lipinski definition) is 2. The summed E-state index contributed by atoms with van der Waals surface area (Å²) in [5.41, 5.74) is 0. The summed E-state index contributed by atoms with van der Waals surface area (Å²) in [5.74, 6) is 0.277. The minimum Gasteiger partial charge on any atom is -0.392 e. The van der Waals surface area contributed by atoms with E-state index < -0.39 is 18.7 Å². The van der Waals surface area contributed by atoms with Crippen LogP contribution in [0.1, 0.15) is 30.6 Å². The molecular formula is C9H12F3N3O2. The molecule has 0 spiro atoms. The maximum atomic E-state index is 12.0. The summed E-state index contributed by atoms with van der Waals surface area (Å²) in [6.07, 6.45) is -5.52. The van der Waals surface area contributed by atoms with Crippen LogP contribution in [0.15, 0.2) is 4.52 Å². The van der Waals surface area contributed by atoms with E-state index >= 15 is 0 Å². The van der Waals surface area contributed by atoms with Gasteiger partial charge in [0.2, 0.25) is 5.89 Å². The van der Waals surface area contributed by atoms with Gasteiger partial charge in [0, 0.05) is 13.0 Å². The third kappa shape index (κ3) is 3.40. The minimum absolute atomic E-state index is 0.0421. The van der Waals surface area contributed by atoms with E-state index in [1.54, 1.807) is 0 Å². The summed E-state index contributed by atoms with van der Waals surface area (Å²) >= 11 is 0. The van der Waals surface area contributed by atoms with Crippen molar-refractivity contribution in [1.82, 2.24) is 15.5 Å². The van der Waals surface area contributed by atoms with Gasteiger partial charge in [-0.15, -0.1) is 0 Å². The van der Waals surface area contributed by atoms with Crippen LogP contribution in [0.25, 0.3) is 0 Å². The van der Waals surface area contributed by atoms with Crippen molar-refractivity contribution in [3.05, 3.63) is 11.7 Å². The highest BCUT2D eigenvalue weighted by Crippen LogP contribution is 2.24. The summed E-state index contributed by atoms with van der Waals surface area (Å²) in [6.45, 7) is 0.422. The van der Waals surface area contributed by atoms with Gasteiger partial charge in [0.05, 0.1) is 18.6 Å². The predicted molar refractivity (Wildman–Crippen MR) is 50.0 cm³/mol. The van der Waals surface area contributed by atoms with Crippen molar-refractivity contribution in [2.45, 2.75) is 37.6 Å². The smallest absolute Gasteiger partial charge is 0.389 e. The first kappa shape index (κ1) is 12.3. The van der Waals surface area contributed by atoms with Crippen LogP contribution in [-0.4, -0.2) is 34.1 Å². The van der Waals surface area contributed by atoms with E-state index in [0.717, 1.165) is 0 Å². The zero-order valence-corrected chi connectivity index (χ0v) is 8.87. The molecular weight excluding hydrogens is 239 g/mol. The number of aryl methyl sites for hydroxylation is 1. The van der Waals surface area contributed by atoms with Crippen LogP contribution in [-0.2, 0) is 6.42 Å². The first-order valence-electron chi connectivity index (χ1n) is 5.25. The summed E-state index contributed by atoms with van der Waals surface area (Å²) in [4.78, 5) is 3.88. The largest absolute Gasteiger partial charge is 0.392 e. The Morgan fingerprint density at radius 2 is 2.24 bits per heavy atom. The van der Waals surface area contributed by atoms with Crippen LogP contribution < -0.4 is 5.32 Å². The van der Waals surface area contributed by atoms with Crippen molar-refractivity contribution >= 4 is 0 Å². The van der Waals surface area contributed by atoms with Gasteiger partial charge in [0.25, 0.3) is 0 Å². The molecule has 0 aliphatic carbocycles. The average molecular weight is 251 g/mol. The van der Waals surface area contributed by atoms with Gasteiger partial charge in [-0.3, -0.25) is 0 Å². The van der Waals surface area contributed by atoms with Crippen LogP contribution in [0.4, 0.5) is 13.2 Å². The number of rotatable bonds is 3. The third-order valence-electron chi connectivity index (χ3n) is 2.52. The molecule has 1 fully saturated rings. The van der Waals surface area contributed by atoms with Crippen molar-refractivity contribution in [2.75, 3.05) is 6.54 Å². The summed E-state index contributed by atoms with van der Waals surface area (Å²) in [5, 5.41) is 15.7. The van der Waals surface area contributed by atoms with Crippen LogP contribution in [0, 0.1) is 0 Å². The highest BCUT2D eigenvalue weighted by atomic mass is 19.4. The lowest BCUT2D eigenvalue weighted by molar-refractivity contribution is -0.134. The summed E-state index contributed by atoms with van der Waals surface area (Å²) in [7, 11) is 0. The molecule has 0 unspecified atom stereocenters. The second-order valence-electron chi connectivity index (χ2n) is 4.01. The number of aliphatic hydroxyl groups is 1. The Kier molecular flexibility index (Phi) is 3.34. The molecule has 1 aliphatic heterocycles. The standard InChI is InChI=1S/C9H12F3N3O2/c10-9(11,12)2-1-7-14-8(17-15-7)6-3-5(16)4-13-6/h5-6,13,16H,1-4H2/t5-,6-/m1/s1. The molecule has 96 valence electrons. The van der Waals surface area contributed by atoms with E-state index in [0.29, 0.717) is 13.0 Å². The highest BCUT2D eigenvalue weighted by molar-refractivity contribution is 4.97. The van der Waals surface area contributed by atoms with E-state index in [2.05, 4.69) is 15.5 Å². The molecule has 5 nitrogen and oxygen atoms in total. The molecule has 2 rings (SSSR count). The van der Waals surface area contributed by atoms with Crippen molar-refractivity contribution < 1.29 is 22.8 Å². The molecule has 0 bridgehead atoms. The van der Waals surface area contributed by atoms with E-state index in [9.17, 15) is 18.3 Å². The monoisotopic (exact) mass is 251 g/mol. The van der Waals surface area contributed by atoms with E-state index in [1.165, 1.54) is 0 Å². The quantitative estimate of drug-likeness (QED) is 0.837. The van der Waals surface area contributed by atoms with Crippen LogP contribution >= 0.6 is 0 Å². The highest BCUT2D eigenvalue weighted by Gasteiger charge is 2.30. The molecule has 0 amide bonds. The molecule has 1 saturated heterocycles. The fourth-order valence-electron chi connectivity index (χ4n) is 1.67. The van der Waals surface area contributed by atoms with Gasteiger partial charge in [-0.2, -0.15) is 18.2 Å². The first-order valence-corrected chi connectivity index (χ1v) is 5.25. The number of alkyl halides is 3. The van der Waals surface area contributed by atoms with Crippen molar-refractivity contribution in [2.24, 2.45) is 0 Å². The Morgan fingerprint density at radius 3 is 2.82 bits per heavy atom. The molecule has 1 aliphatic rings. The molecule has 0 saturated carbocycles. The molecule has 2 heterocycles. The topological polar surface area (TPSA) is 71.2 Å². The van der Waals surface area contributed by atoms with Crippen LogP contribution in [0.2, 0.25) is 0 Å². The number of aromatic nitrogens is 2. The van der Waals surface area contributed by atoms with Gasteiger partial charge in [0.15, 0.2) is 5.82 Å². The van der Waals surface area contributed by atoms with E-state index in [-0.39, 0.29) is 24.2 Å². The predicted octanol–water partition coefficient (Wildman–Crippen LogP) is 0.960. The molecule has 0 aromatic carbocycles. The number of β-amino-alcohol motifs (C(OH)–C–C–N with tert-alkyl or cyclic N) is 1. The number of nitrogens with zero attached hydrogens (tertiary/aromatic N) is 2. The van der Waals surface area contributed by atoms with Crippen LogP contribution in [0.3, 0.4) is 0 Å². The second-order valence-corrected chi connectivity index (χ2v) is 4.01. The summed E-state index contributed by atoms with van der Waals surface area (Å²) < 4.78 is 40.8. The SMILES string of the molecule is O[C@H]1CN[C@@H](c2nc(CCC(F)(F)F)no2)C1. The average Bonchev–Trinajstić information content (AvgIpc) is 2.81. The van der Waals surface area contributed by atoms with Gasteiger partial charge < -0.3 is 14.9 Å². The Bertz CT molecular complexity index is 380. The fraction of sp³-hybridized carbons (Fsp3) is 0.778. The fourth-order valence-corrected chi connectivity index (χ4v) is 1.67. The molecule has 8 heteroatoms. The van der Waals surface area contributed by atoms with Crippen molar-refractivity contribution in [3.8, 4) is 0 Å². The minimum atomic E-state index is -4.22. The van der Waals surface area contributed by atoms with Gasteiger partial charge in [-0.05, 0) is 6.42 Å². The second kappa shape index (κ2) is 4.61. The number of aliphatic hydroxyl groups excluding tert-OH is 1. The Labute approximate surface area is 95.0 Å². The van der Waals surface area contributed by atoms with E-state index in [1.807, 2.05) is 0 Å². The number of halogens is 3. The molecule has 17 heavy (non-hydrogen) atoms. The van der Waals surface area contributed by atoms with Crippen molar-refractivity contribution in [1.29, 1.82) is 0 Å². The normalized spacial score (nSPS) is 25.4. The van der Waals surface area contributed by atoms with Crippen molar-refractivity contribution in [3.63, 3.8) is 0 Å². The van der Waals surface area contributed by atoms with Gasteiger partial charge in [-0.1, -0.05) is 5.16 Å². The molecule has 2 atom stereocenters. The Hall–Kier alpha value is -1.15. The molecule has 0 radical (unpaired) electrons.